The zero-order chi connectivity index (χ0) is 28.9. The van der Waals surface area contributed by atoms with Crippen molar-refractivity contribution in [2.75, 3.05) is 0 Å². The third-order valence-electron chi connectivity index (χ3n) is 9.07. The topological polar surface area (TPSA) is 25.8 Å². The minimum Gasteiger partial charge on any atom is -0.251 e. The molecule has 2 aromatic heterocycles. The first kappa shape index (κ1) is 26.1. The van der Waals surface area contributed by atoms with Crippen LogP contribution in [0.5, 0.6) is 0 Å². The Labute approximate surface area is 248 Å². The maximum Gasteiger partial charge on any atom is 0.105 e. The first-order valence-corrected chi connectivity index (χ1v) is 14.7. The van der Waals surface area contributed by atoms with E-state index in [1.807, 2.05) is 0 Å². The molecule has 2 heterocycles. The summed E-state index contributed by atoms with van der Waals surface area (Å²) in [4.78, 5) is 11.1. The van der Waals surface area contributed by atoms with Gasteiger partial charge in [-0.05, 0) is 59.4 Å². The van der Waals surface area contributed by atoms with Gasteiger partial charge in [0.1, 0.15) is 5.41 Å². The molecule has 0 saturated heterocycles. The summed E-state index contributed by atoms with van der Waals surface area (Å²) in [6.07, 6.45) is 0. The molecule has 0 fully saturated rings. The lowest BCUT2D eigenvalue weighted by Gasteiger charge is -2.46. The first-order chi connectivity index (χ1) is 20.4. The molecule has 0 aliphatic heterocycles. The van der Waals surface area contributed by atoms with E-state index in [9.17, 15) is 0 Å². The molecule has 6 aromatic rings. The molecule has 0 spiro atoms. The molecule has 42 heavy (non-hydrogen) atoms. The minimum absolute atomic E-state index is 0.184. The Morgan fingerprint density at radius 3 is 1.17 bits per heavy atom. The second-order valence-corrected chi connectivity index (χ2v) is 11.9. The number of aryl methyl sites for hydroxylation is 2. The summed E-state index contributed by atoms with van der Waals surface area (Å²) in [5.74, 6) is 0. The molecular weight excluding hydrogens is 508 g/mol. The highest BCUT2D eigenvalue weighted by Gasteiger charge is 2.51. The summed E-state index contributed by atoms with van der Waals surface area (Å²) < 4.78 is 0. The van der Waals surface area contributed by atoms with Crippen molar-refractivity contribution in [3.63, 3.8) is 0 Å². The van der Waals surface area contributed by atoms with Crippen molar-refractivity contribution in [1.29, 1.82) is 0 Å². The van der Waals surface area contributed by atoms with Gasteiger partial charge in [0.25, 0.3) is 0 Å². The molecule has 0 N–H and O–H groups in total. The quantitative estimate of drug-likeness (QED) is 0.222. The highest BCUT2D eigenvalue weighted by Crippen LogP contribution is 2.55. The zero-order valence-electron chi connectivity index (χ0n) is 24.6. The van der Waals surface area contributed by atoms with Crippen molar-refractivity contribution in [3.05, 3.63) is 178 Å². The molecule has 1 aliphatic rings. The Kier molecular flexibility index (Phi) is 6.17. The van der Waals surface area contributed by atoms with Gasteiger partial charge in [-0.2, -0.15) is 0 Å². The normalized spacial score (nSPS) is 14.6. The van der Waals surface area contributed by atoms with Crippen molar-refractivity contribution in [2.45, 2.75) is 38.5 Å². The van der Waals surface area contributed by atoms with Gasteiger partial charge >= 0.3 is 0 Å². The van der Waals surface area contributed by atoms with Crippen LogP contribution >= 0.6 is 0 Å². The van der Waals surface area contributed by atoms with E-state index in [0.717, 1.165) is 45.0 Å². The van der Waals surface area contributed by atoms with Gasteiger partial charge in [-0.25, -0.2) is 0 Å². The summed E-state index contributed by atoms with van der Waals surface area (Å²) in [5, 5.41) is 0. The van der Waals surface area contributed by atoms with Crippen LogP contribution in [-0.2, 0) is 10.8 Å². The van der Waals surface area contributed by atoms with Crippen LogP contribution in [0.15, 0.2) is 133 Å². The van der Waals surface area contributed by atoms with E-state index in [1.54, 1.807) is 0 Å². The van der Waals surface area contributed by atoms with E-state index in [0.29, 0.717) is 0 Å². The third-order valence-corrected chi connectivity index (χ3v) is 9.07. The number of rotatable bonds is 4. The number of aromatic nitrogens is 2. The highest BCUT2D eigenvalue weighted by molar-refractivity contribution is 5.72. The maximum atomic E-state index is 5.55. The second kappa shape index (κ2) is 9.92. The van der Waals surface area contributed by atoms with Crippen molar-refractivity contribution >= 4 is 0 Å². The molecule has 7 rings (SSSR count). The molecular formula is C40H34N2. The van der Waals surface area contributed by atoms with Gasteiger partial charge in [-0.3, -0.25) is 9.97 Å². The average Bonchev–Trinajstić information content (AvgIpc) is 3.03. The molecule has 0 bridgehead atoms. The van der Waals surface area contributed by atoms with Crippen LogP contribution in [0, 0.1) is 13.8 Å². The van der Waals surface area contributed by atoms with E-state index in [2.05, 4.69) is 161 Å². The molecule has 1 aliphatic carbocycles. The van der Waals surface area contributed by atoms with Crippen molar-refractivity contribution < 1.29 is 0 Å². The summed E-state index contributed by atoms with van der Waals surface area (Å²) >= 11 is 0. The second-order valence-electron chi connectivity index (χ2n) is 11.9. The molecule has 0 radical (unpaired) electrons. The van der Waals surface area contributed by atoms with E-state index < -0.39 is 5.41 Å². The Morgan fingerprint density at radius 2 is 0.762 bits per heavy atom. The number of hydrogen-bond donors (Lipinski definition) is 0. The average molecular weight is 543 g/mol. The van der Waals surface area contributed by atoms with Gasteiger partial charge in [-0.1, -0.05) is 135 Å². The van der Waals surface area contributed by atoms with Crippen LogP contribution in [0.4, 0.5) is 0 Å². The lowest BCUT2D eigenvalue weighted by atomic mass is 9.56. The number of fused-ring (bicyclic) bond motifs is 2. The zero-order valence-corrected chi connectivity index (χ0v) is 24.6. The summed E-state index contributed by atoms with van der Waals surface area (Å²) in [7, 11) is 0. The lowest BCUT2D eigenvalue weighted by Crippen LogP contribution is -2.43. The molecule has 0 amide bonds. The Hall–Kier alpha value is -4.82. The fourth-order valence-corrected chi connectivity index (χ4v) is 6.94. The number of pyridine rings is 2. The molecule has 2 heteroatoms. The molecule has 0 saturated carbocycles. The molecule has 0 atom stereocenters. The van der Waals surface area contributed by atoms with Crippen LogP contribution < -0.4 is 0 Å². The van der Waals surface area contributed by atoms with Gasteiger partial charge in [0, 0.05) is 16.5 Å². The Morgan fingerprint density at radius 1 is 0.405 bits per heavy atom. The Balaban J connectivity index is 1.63. The van der Waals surface area contributed by atoms with Crippen LogP contribution in [0.2, 0.25) is 0 Å². The first-order valence-electron chi connectivity index (χ1n) is 14.7. The lowest BCUT2D eigenvalue weighted by molar-refractivity contribution is 0.545. The summed E-state index contributed by atoms with van der Waals surface area (Å²) in [6.45, 7) is 8.97. The predicted molar refractivity (Wildman–Crippen MR) is 173 cm³/mol. The summed E-state index contributed by atoms with van der Waals surface area (Å²) in [5.41, 5.74) is 12.7. The Bertz CT molecular complexity index is 1780. The highest BCUT2D eigenvalue weighted by atomic mass is 14.8. The standard InChI is InChI=1S/C40H34N2/c1-27-23-25-35(41-37(27)29-15-7-5-8-16-29)40(36-26-24-28(2)38(42-36)30-17-9-6-10-18-30)33-21-13-11-19-31(33)39(3,4)32-20-12-14-22-34(32)40/h5-26H,1-4H3. The fourth-order valence-electron chi connectivity index (χ4n) is 6.94. The van der Waals surface area contributed by atoms with E-state index in [4.69, 9.17) is 9.97 Å². The van der Waals surface area contributed by atoms with E-state index >= 15 is 0 Å². The SMILES string of the molecule is Cc1ccc(C2(c3ccc(C)c(-c4ccccc4)n3)c3ccccc3C(C)(C)c3ccccc32)nc1-c1ccccc1. The van der Waals surface area contributed by atoms with Crippen molar-refractivity contribution in [2.24, 2.45) is 0 Å². The number of hydrogen-bond acceptors (Lipinski definition) is 2. The third kappa shape index (κ3) is 3.86. The van der Waals surface area contributed by atoms with Gasteiger partial charge in [0.15, 0.2) is 0 Å². The van der Waals surface area contributed by atoms with E-state index in [-0.39, 0.29) is 5.41 Å². The number of nitrogens with zero attached hydrogens (tertiary/aromatic N) is 2. The predicted octanol–water partition coefficient (Wildman–Crippen LogP) is 9.45. The molecule has 2 nitrogen and oxygen atoms in total. The summed E-state index contributed by atoms with van der Waals surface area (Å²) in [6, 6.07) is 47.7. The molecule has 204 valence electrons. The van der Waals surface area contributed by atoms with Crippen molar-refractivity contribution in [3.8, 4) is 22.5 Å². The molecule has 0 unspecified atom stereocenters. The van der Waals surface area contributed by atoms with Gasteiger partial charge in [-0.15, -0.1) is 0 Å². The van der Waals surface area contributed by atoms with Gasteiger partial charge in [0.05, 0.1) is 22.8 Å². The van der Waals surface area contributed by atoms with Crippen LogP contribution in [-0.4, -0.2) is 9.97 Å². The van der Waals surface area contributed by atoms with Gasteiger partial charge in [0.2, 0.25) is 0 Å². The number of benzene rings is 4. The van der Waals surface area contributed by atoms with Crippen LogP contribution in [0.1, 0.15) is 58.6 Å². The fraction of sp³-hybridized carbons (Fsp3) is 0.150. The molecule has 4 aromatic carbocycles. The van der Waals surface area contributed by atoms with Crippen LogP contribution in [0.3, 0.4) is 0 Å². The maximum absolute atomic E-state index is 5.55. The van der Waals surface area contributed by atoms with Gasteiger partial charge < -0.3 is 0 Å². The van der Waals surface area contributed by atoms with Crippen molar-refractivity contribution in [1.82, 2.24) is 9.97 Å². The van der Waals surface area contributed by atoms with E-state index in [1.165, 1.54) is 22.3 Å². The minimum atomic E-state index is -0.711. The smallest absolute Gasteiger partial charge is 0.105 e. The monoisotopic (exact) mass is 542 g/mol. The largest absolute Gasteiger partial charge is 0.251 e. The van der Waals surface area contributed by atoms with Crippen LogP contribution in [0.25, 0.3) is 22.5 Å².